The van der Waals surface area contributed by atoms with Crippen molar-refractivity contribution < 1.29 is 19.1 Å². The maximum Gasteiger partial charge on any atom is 0.283 e. The smallest absolute Gasteiger partial charge is 0.283 e. The number of anilines is 2. The molecule has 1 N–H and O–H groups in total. The number of methoxy groups -OCH3 is 2. The molecule has 0 fully saturated rings. The van der Waals surface area contributed by atoms with Gasteiger partial charge < -0.3 is 14.8 Å². The van der Waals surface area contributed by atoms with Crippen molar-refractivity contribution in [2.24, 2.45) is 0 Å². The number of carbonyl (C=O) groups is 2. The number of nitrogens with one attached hydrogen (secondary N) is 1. The second-order valence-corrected chi connectivity index (χ2v) is 6.56. The molecule has 3 rings (SSSR count). The number of hydrogen-bond donors (Lipinski definition) is 1. The molecule has 0 unspecified atom stereocenters. The predicted octanol–water partition coefficient (Wildman–Crippen LogP) is 4.45. The summed E-state index contributed by atoms with van der Waals surface area (Å²) in [6.45, 7) is 0. The molecule has 0 saturated carbocycles. The van der Waals surface area contributed by atoms with Crippen LogP contribution in [-0.2, 0) is 9.59 Å². The number of ether oxygens (including phenoxy) is 2. The van der Waals surface area contributed by atoms with Gasteiger partial charge in [-0.15, -0.1) is 0 Å². The lowest BCUT2D eigenvalue weighted by atomic mass is 10.2. The molecule has 1 heterocycles. The zero-order valence-corrected chi connectivity index (χ0v) is 16.4. The fourth-order valence-corrected chi connectivity index (χ4v) is 3.13. The summed E-state index contributed by atoms with van der Waals surface area (Å²) in [6.07, 6.45) is 0. The summed E-state index contributed by atoms with van der Waals surface area (Å²) < 4.78 is 10.4. The van der Waals surface area contributed by atoms with Crippen LogP contribution in [0.1, 0.15) is 0 Å². The van der Waals surface area contributed by atoms with Crippen LogP contribution in [0.4, 0.5) is 11.4 Å². The highest BCUT2D eigenvalue weighted by Crippen LogP contribution is 2.38. The predicted molar refractivity (Wildman–Crippen MR) is 105 cm³/mol. The van der Waals surface area contributed by atoms with E-state index in [0.717, 1.165) is 4.90 Å². The quantitative estimate of drug-likeness (QED) is 0.714. The molecule has 1 aliphatic heterocycles. The van der Waals surface area contributed by atoms with Gasteiger partial charge in [0.15, 0.2) is 0 Å². The largest absolute Gasteiger partial charge is 0.497 e. The third kappa shape index (κ3) is 3.43. The molecule has 0 aromatic heterocycles. The average molecular weight is 428 g/mol. The Morgan fingerprint density at radius 2 is 1.70 bits per heavy atom. The molecule has 27 heavy (non-hydrogen) atoms. The molecular formula is C18H13Cl3N2O4. The van der Waals surface area contributed by atoms with E-state index < -0.39 is 11.8 Å². The van der Waals surface area contributed by atoms with Crippen molar-refractivity contribution in [3.05, 3.63) is 57.2 Å². The van der Waals surface area contributed by atoms with Crippen molar-refractivity contribution in [2.45, 2.75) is 0 Å². The average Bonchev–Trinajstić information content (AvgIpc) is 2.87. The first-order valence-electron chi connectivity index (χ1n) is 7.60. The molecule has 0 radical (unpaired) electrons. The van der Waals surface area contributed by atoms with Gasteiger partial charge in [-0.3, -0.25) is 9.59 Å². The van der Waals surface area contributed by atoms with Crippen molar-refractivity contribution in [1.29, 1.82) is 0 Å². The van der Waals surface area contributed by atoms with Gasteiger partial charge in [0.2, 0.25) is 0 Å². The van der Waals surface area contributed by atoms with E-state index in [-0.39, 0.29) is 26.5 Å². The second kappa shape index (κ2) is 7.68. The van der Waals surface area contributed by atoms with E-state index >= 15 is 0 Å². The van der Waals surface area contributed by atoms with Crippen molar-refractivity contribution in [3.8, 4) is 11.5 Å². The Morgan fingerprint density at radius 3 is 2.37 bits per heavy atom. The van der Waals surface area contributed by atoms with E-state index in [2.05, 4.69) is 5.32 Å². The molecule has 0 atom stereocenters. The number of benzene rings is 2. The zero-order valence-electron chi connectivity index (χ0n) is 14.2. The van der Waals surface area contributed by atoms with Crippen molar-refractivity contribution in [2.75, 3.05) is 24.4 Å². The van der Waals surface area contributed by atoms with Gasteiger partial charge in [0.1, 0.15) is 22.2 Å². The molecular weight excluding hydrogens is 415 g/mol. The number of imide groups is 1. The normalized spacial score (nSPS) is 14.0. The molecule has 0 bridgehead atoms. The minimum atomic E-state index is -0.713. The third-order valence-electron chi connectivity index (χ3n) is 3.87. The Morgan fingerprint density at radius 1 is 0.963 bits per heavy atom. The lowest BCUT2D eigenvalue weighted by Gasteiger charge is -2.17. The Bertz CT molecular complexity index is 975. The van der Waals surface area contributed by atoms with Crippen LogP contribution < -0.4 is 19.7 Å². The third-order valence-corrected chi connectivity index (χ3v) is 5.03. The molecule has 6 nitrogen and oxygen atoms in total. The minimum Gasteiger partial charge on any atom is -0.497 e. The summed E-state index contributed by atoms with van der Waals surface area (Å²) in [5.41, 5.74) is 0.446. The van der Waals surface area contributed by atoms with E-state index in [9.17, 15) is 9.59 Å². The monoisotopic (exact) mass is 426 g/mol. The summed E-state index contributed by atoms with van der Waals surface area (Å²) in [5.74, 6) is -0.414. The topological polar surface area (TPSA) is 67.9 Å². The summed E-state index contributed by atoms with van der Waals surface area (Å²) in [4.78, 5) is 26.3. The number of rotatable bonds is 5. The van der Waals surface area contributed by atoms with Crippen LogP contribution >= 0.6 is 34.8 Å². The van der Waals surface area contributed by atoms with Gasteiger partial charge in [-0.05, 0) is 24.3 Å². The molecule has 2 aromatic rings. The summed E-state index contributed by atoms with van der Waals surface area (Å²) in [7, 11) is 2.98. The van der Waals surface area contributed by atoms with E-state index in [4.69, 9.17) is 44.3 Å². The number of hydrogen-bond acceptors (Lipinski definition) is 5. The van der Waals surface area contributed by atoms with E-state index in [0.29, 0.717) is 17.2 Å². The number of amides is 2. The Balaban J connectivity index is 2.00. The highest BCUT2D eigenvalue weighted by molar-refractivity contribution is 6.54. The summed E-state index contributed by atoms with van der Waals surface area (Å²) in [5, 5.41) is 2.86. The lowest BCUT2D eigenvalue weighted by Crippen LogP contribution is -2.32. The van der Waals surface area contributed by atoms with Crippen LogP contribution in [0.5, 0.6) is 11.5 Å². The van der Waals surface area contributed by atoms with Gasteiger partial charge in [0.05, 0.1) is 35.6 Å². The van der Waals surface area contributed by atoms with Crippen LogP contribution in [0.25, 0.3) is 0 Å². The summed E-state index contributed by atoms with van der Waals surface area (Å²) >= 11 is 18.3. The van der Waals surface area contributed by atoms with Crippen molar-refractivity contribution in [3.63, 3.8) is 0 Å². The van der Waals surface area contributed by atoms with Crippen LogP contribution in [0.2, 0.25) is 10.0 Å². The standard InChI is InChI=1S/C18H13Cl3N2O4/c1-26-9-6-7-13(27-2)11(8-9)22-16-15(21)17(24)23(18(16)25)12-5-3-4-10(19)14(12)20/h3-8,22H,1-2H3. The first kappa shape index (κ1) is 19.4. The van der Waals surface area contributed by atoms with Gasteiger partial charge in [0, 0.05) is 6.07 Å². The van der Waals surface area contributed by atoms with Gasteiger partial charge in [-0.2, -0.15) is 0 Å². The fourth-order valence-electron chi connectivity index (χ4n) is 2.54. The van der Waals surface area contributed by atoms with E-state index in [1.54, 1.807) is 30.3 Å². The molecule has 0 aliphatic carbocycles. The van der Waals surface area contributed by atoms with Crippen LogP contribution in [0.15, 0.2) is 47.1 Å². The van der Waals surface area contributed by atoms with Crippen molar-refractivity contribution in [1.82, 2.24) is 0 Å². The van der Waals surface area contributed by atoms with Crippen LogP contribution in [-0.4, -0.2) is 26.0 Å². The molecule has 1 aliphatic rings. The molecule has 9 heteroatoms. The van der Waals surface area contributed by atoms with Gasteiger partial charge in [0.25, 0.3) is 11.8 Å². The van der Waals surface area contributed by atoms with Crippen molar-refractivity contribution >= 4 is 58.0 Å². The van der Waals surface area contributed by atoms with Gasteiger partial charge >= 0.3 is 0 Å². The SMILES string of the molecule is COc1ccc(OC)c(NC2=C(Cl)C(=O)N(c3cccc(Cl)c3Cl)C2=O)c1. The highest BCUT2D eigenvalue weighted by atomic mass is 35.5. The number of halogens is 3. The first-order valence-corrected chi connectivity index (χ1v) is 8.74. The van der Waals surface area contributed by atoms with E-state index in [1.807, 2.05) is 0 Å². The van der Waals surface area contributed by atoms with E-state index in [1.165, 1.54) is 20.3 Å². The Hall–Kier alpha value is -2.41. The molecule has 2 aromatic carbocycles. The lowest BCUT2D eigenvalue weighted by molar-refractivity contribution is -0.120. The minimum absolute atomic E-state index is 0.0746. The first-order chi connectivity index (χ1) is 12.9. The van der Waals surface area contributed by atoms with Gasteiger partial charge in [-0.25, -0.2) is 4.90 Å². The highest BCUT2D eigenvalue weighted by Gasteiger charge is 2.40. The molecule has 0 spiro atoms. The Labute approximate surface area is 170 Å². The zero-order chi connectivity index (χ0) is 19.7. The fraction of sp³-hybridized carbons (Fsp3) is 0.111. The Kier molecular flexibility index (Phi) is 5.51. The maximum atomic E-state index is 12.9. The maximum absolute atomic E-state index is 12.9. The second-order valence-electron chi connectivity index (χ2n) is 5.40. The molecule has 2 amide bonds. The molecule has 0 saturated heterocycles. The van der Waals surface area contributed by atoms with Crippen LogP contribution in [0.3, 0.4) is 0 Å². The van der Waals surface area contributed by atoms with Gasteiger partial charge in [-0.1, -0.05) is 40.9 Å². The van der Waals surface area contributed by atoms with Crippen LogP contribution in [0, 0.1) is 0 Å². The summed E-state index contributed by atoms with van der Waals surface area (Å²) in [6, 6.07) is 9.59. The number of carbonyl (C=O) groups excluding carboxylic acids is 2. The number of nitrogens with zero attached hydrogens (tertiary/aromatic N) is 1. The molecule has 140 valence electrons.